The van der Waals surface area contributed by atoms with E-state index in [1.807, 2.05) is 13.8 Å². The molecule has 1 aliphatic carbocycles. The Morgan fingerprint density at radius 3 is 2.67 bits per heavy atom. The number of carbonyl (C=O) groups is 3. The van der Waals surface area contributed by atoms with E-state index in [4.69, 9.17) is 0 Å². The van der Waals surface area contributed by atoms with Gasteiger partial charge in [-0.15, -0.1) is 23.5 Å². The van der Waals surface area contributed by atoms with Crippen molar-refractivity contribution in [3.8, 4) is 0 Å². The summed E-state index contributed by atoms with van der Waals surface area (Å²) < 4.78 is -0.250. The summed E-state index contributed by atoms with van der Waals surface area (Å²) in [7, 11) is 0. The summed E-state index contributed by atoms with van der Waals surface area (Å²) in [4.78, 5) is 36.1. The summed E-state index contributed by atoms with van der Waals surface area (Å²) in [6.45, 7) is 6.50. The highest BCUT2D eigenvalue weighted by Gasteiger charge is 2.50. The van der Waals surface area contributed by atoms with E-state index in [0.717, 1.165) is 18.6 Å². The molecule has 0 aromatic rings. The second-order valence-corrected chi connectivity index (χ2v) is 9.31. The second kappa shape index (κ2) is 8.47. The molecule has 24 heavy (non-hydrogen) atoms. The fraction of sp³-hybridized carbons (Fsp3) is 0.812. The molecule has 1 saturated heterocycles. The highest BCUT2D eigenvalue weighted by molar-refractivity contribution is 8.01. The maximum absolute atomic E-state index is 12.5. The smallest absolute Gasteiger partial charge is 0.243 e. The van der Waals surface area contributed by atoms with E-state index in [1.54, 1.807) is 11.8 Å². The van der Waals surface area contributed by atoms with E-state index >= 15 is 0 Å². The van der Waals surface area contributed by atoms with E-state index in [9.17, 15) is 14.4 Å². The number of hydrogen-bond acceptors (Lipinski definition) is 5. The summed E-state index contributed by atoms with van der Waals surface area (Å²) in [5, 5.41) is 8.68. The van der Waals surface area contributed by atoms with Gasteiger partial charge in [-0.1, -0.05) is 20.8 Å². The third-order valence-corrected chi connectivity index (χ3v) is 6.80. The van der Waals surface area contributed by atoms with E-state index in [0.29, 0.717) is 18.1 Å². The van der Waals surface area contributed by atoms with Crippen LogP contribution in [0.3, 0.4) is 0 Å². The van der Waals surface area contributed by atoms with Crippen LogP contribution in [0.15, 0.2) is 0 Å². The molecule has 1 heterocycles. The lowest BCUT2D eigenvalue weighted by Gasteiger charge is -2.27. The van der Waals surface area contributed by atoms with Gasteiger partial charge in [0.1, 0.15) is 6.04 Å². The van der Waals surface area contributed by atoms with Crippen LogP contribution in [0.1, 0.15) is 33.6 Å². The molecular weight excluding hydrogens is 346 g/mol. The van der Waals surface area contributed by atoms with Gasteiger partial charge in [-0.25, -0.2) is 0 Å². The third kappa shape index (κ3) is 5.05. The first-order valence-electron chi connectivity index (χ1n) is 8.47. The summed E-state index contributed by atoms with van der Waals surface area (Å²) in [6, 6.07) is -0.589. The molecule has 1 unspecified atom stereocenters. The van der Waals surface area contributed by atoms with Gasteiger partial charge in [0, 0.05) is 18.3 Å². The maximum atomic E-state index is 12.5. The van der Waals surface area contributed by atoms with Crippen LogP contribution in [0.25, 0.3) is 0 Å². The van der Waals surface area contributed by atoms with Crippen molar-refractivity contribution in [2.24, 2.45) is 5.92 Å². The highest BCUT2D eigenvalue weighted by atomic mass is 32.2. The highest BCUT2D eigenvalue weighted by Crippen LogP contribution is 2.48. The molecule has 3 N–H and O–H groups in total. The lowest BCUT2D eigenvalue weighted by molar-refractivity contribution is -0.128. The lowest BCUT2D eigenvalue weighted by atomic mass is 10.0. The van der Waals surface area contributed by atoms with Crippen molar-refractivity contribution < 1.29 is 14.4 Å². The van der Waals surface area contributed by atoms with E-state index < -0.39 is 6.04 Å². The lowest BCUT2D eigenvalue weighted by Crippen LogP contribution is -2.55. The number of rotatable bonds is 8. The van der Waals surface area contributed by atoms with Gasteiger partial charge in [-0.2, -0.15) is 0 Å². The van der Waals surface area contributed by atoms with Crippen molar-refractivity contribution in [2.75, 3.05) is 23.8 Å². The third-order valence-electron chi connectivity index (χ3n) is 4.33. The molecule has 2 aliphatic rings. The first-order valence-corrected chi connectivity index (χ1v) is 10.6. The first-order chi connectivity index (χ1) is 11.4. The standard InChI is InChI=1S/C16H27N3O3S2/c1-4-24-16(5-6-16)15(22)19-11(10(2)3)7-17-14(21)12-8-23-9-13(20)18-12/h10-12H,4-9H2,1-3H3,(H,17,21)(H,18,20)(H,19,22)/t11?,12-/m0/s1. The second-order valence-electron chi connectivity index (χ2n) is 6.63. The zero-order valence-electron chi connectivity index (χ0n) is 14.5. The van der Waals surface area contributed by atoms with Crippen LogP contribution in [0.2, 0.25) is 0 Å². The van der Waals surface area contributed by atoms with E-state index in [2.05, 4.69) is 22.9 Å². The molecule has 0 spiro atoms. The van der Waals surface area contributed by atoms with Crippen molar-refractivity contribution in [2.45, 2.75) is 50.4 Å². The molecule has 2 fully saturated rings. The topological polar surface area (TPSA) is 87.3 Å². The zero-order chi connectivity index (χ0) is 17.7. The minimum atomic E-state index is -0.481. The van der Waals surface area contributed by atoms with Crippen LogP contribution in [-0.4, -0.2) is 58.4 Å². The van der Waals surface area contributed by atoms with Crippen molar-refractivity contribution in [3.63, 3.8) is 0 Å². The number of carbonyl (C=O) groups excluding carboxylic acids is 3. The fourth-order valence-electron chi connectivity index (χ4n) is 2.60. The average molecular weight is 374 g/mol. The number of amides is 3. The fourth-order valence-corrected chi connectivity index (χ4v) is 4.59. The zero-order valence-corrected chi connectivity index (χ0v) is 16.1. The molecule has 2 atom stereocenters. The van der Waals surface area contributed by atoms with Crippen molar-refractivity contribution in [1.29, 1.82) is 0 Å². The average Bonchev–Trinajstić information content (AvgIpc) is 3.32. The molecule has 0 bridgehead atoms. The van der Waals surface area contributed by atoms with Crippen LogP contribution in [0.5, 0.6) is 0 Å². The van der Waals surface area contributed by atoms with Gasteiger partial charge in [0.05, 0.1) is 10.5 Å². The Balaban J connectivity index is 1.84. The first kappa shape index (κ1) is 19.4. The van der Waals surface area contributed by atoms with Crippen molar-refractivity contribution in [1.82, 2.24) is 16.0 Å². The molecule has 136 valence electrons. The van der Waals surface area contributed by atoms with Crippen LogP contribution in [0.4, 0.5) is 0 Å². The molecule has 1 saturated carbocycles. The van der Waals surface area contributed by atoms with Crippen molar-refractivity contribution >= 4 is 41.2 Å². The molecule has 0 aromatic heterocycles. The Morgan fingerprint density at radius 1 is 1.42 bits per heavy atom. The molecular formula is C16H27N3O3S2. The summed E-state index contributed by atoms with van der Waals surface area (Å²) >= 11 is 3.17. The van der Waals surface area contributed by atoms with Gasteiger partial charge in [0.2, 0.25) is 17.7 Å². The molecule has 0 radical (unpaired) electrons. The van der Waals surface area contributed by atoms with Gasteiger partial charge in [-0.05, 0) is 24.5 Å². The van der Waals surface area contributed by atoms with Gasteiger partial charge in [0.25, 0.3) is 0 Å². The quantitative estimate of drug-likeness (QED) is 0.585. The molecule has 3 amide bonds. The van der Waals surface area contributed by atoms with Crippen LogP contribution in [-0.2, 0) is 14.4 Å². The van der Waals surface area contributed by atoms with E-state index in [-0.39, 0.29) is 34.4 Å². The SMILES string of the molecule is CCSC1(C(=O)NC(CNC(=O)[C@@H]2CSCC(=O)N2)C(C)C)CC1. The molecule has 8 heteroatoms. The molecule has 0 aromatic carbocycles. The van der Waals surface area contributed by atoms with E-state index in [1.165, 1.54) is 11.8 Å². The summed E-state index contributed by atoms with van der Waals surface area (Å²) in [6.07, 6.45) is 1.86. The Labute approximate surface area is 152 Å². The molecule has 2 rings (SSSR count). The van der Waals surface area contributed by atoms with Crippen LogP contribution in [0, 0.1) is 5.92 Å². The number of thioether (sulfide) groups is 2. The maximum Gasteiger partial charge on any atom is 0.243 e. The summed E-state index contributed by atoms with van der Waals surface area (Å²) in [5.74, 6) is 1.94. The normalized spacial score (nSPS) is 23.3. The summed E-state index contributed by atoms with van der Waals surface area (Å²) in [5.41, 5.74) is 0. The minimum absolute atomic E-state index is 0.0869. The van der Waals surface area contributed by atoms with Gasteiger partial charge < -0.3 is 16.0 Å². The Kier molecular flexibility index (Phi) is 6.86. The predicted octanol–water partition coefficient (Wildman–Crippen LogP) is 0.761. The van der Waals surface area contributed by atoms with Crippen LogP contribution >= 0.6 is 23.5 Å². The number of nitrogens with one attached hydrogen (secondary N) is 3. The Hall–Kier alpha value is -0.890. The Morgan fingerprint density at radius 2 is 2.12 bits per heavy atom. The predicted molar refractivity (Wildman–Crippen MR) is 99.1 cm³/mol. The van der Waals surface area contributed by atoms with Gasteiger partial charge in [-0.3, -0.25) is 14.4 Å². The number of hydrogen-bond donors (Lipinski definition) is 3. The molecule has 1 aliphatic heterocycles. The monoisotopic (exact) mass is 373 g/mol. The minimum Gasteiger partial charge on any atom is -0.352 e. The van der Waals surface area contributed by atoms with Crippen LogP contribution < -0.4 is 16.0 Å². The van der Waals surface area contributed by atoms with Crippen molar-refractivity contribution in [3.05, 3.63) is 0 Å². The molecule has 6 nitrogen and oxygen atoms in total. The Bertz CT molecular complexity index is 495. The largest absolute Gasteiger partial charge is 0.352 e. The van der Waals surface area contributed by atoms with Gasteiger partial charge in [0.15, 0.2) is 0 Å². The van der Waals surface area contributed by atoms with Gasteiger partial charge >= 0.3 is 0 Å².